The highest BCUT2D eigenvalue weighted by atomic mass is 79.9. The minimum atomic E-state index is -0.349. The number of para-hydroxylation sites is 2. The Balaban J connectivity index is 2.42. The lowest BCUT2D eigenvalue weighted by Gasteiger charge is -2.11. The summed E-state index contributed by atoms with van der Waals surface area (Å²) in [6.07, 6.45) is 0. The van der Waals surface area contributed by atoms with Crippen LogP contribution in [0.3, 0.4) is 0 Å². The van der Waals surface area contributed by atoms with Gasteiger partial charge in [-0.25, -0.2) is 9.37 Å². The second kappa shape index (κ2) is 5.66. The number of benzene rings is 2. The van der Waals surface area contributed by atoms with Gasteiger partial charge in [-0.15, -0.1) is 11.6 Å². The number of halogens is 3. The fraction of sp³-hybridized carbons (Fsp3) is 0.133. The first-order valence-electron chi connectivity index (χ1n) is 6.22. The Morgan fingerprint density at radius 2 is 2.05 bits per heavy atom. The maximum Gasteiger partial charge on any atom is 0.148 e. The van der Waals surface area contributed by atoms with Crippen LogP contribution in [0, 0.1) is 5.82 Å². The number of nitrogens with zero attached hydrogens (tertiary/aromatic N) is 2. The Labute approximate surface area is 134 Å². The van der Waals surface area contributed by atoms with Crippen molar-refractivity contribution in [3.8, 4) is 11.4 Å². The molecule has 0 spiro atoms. The molecule has 108 valence electrons. The Kier molecular flexibility index (Phi) is 3.87. The van der Waals surface area contributed by atoms with Crippen molar-refractivity contribution < 1.29 is 9.13 Å². The highest BCUT2D eigenvalue weighted by molar-refractivity contribution is 9.10. The Morgan fingerprint density at radius 3 is 2.71 bits per heavy atom. The molecule has 0 radical (unpaired) electrons. The molecule has 0 saturated heterocycles. The van der Waals surface area contributed by atoms with Crippen molar-refractivity contribution >= 4 is 38.6 Å². The topological polar surface area (TPSA) is 27.1 Å². The summed E-state index contributed by atoms with van der Waals surface area (Å²) in [4.78, 5) is 4.48. The van der Waals surface area contributed by atoms with E-state index in [4.69, 9.17) is 16.3 Å². The van der Waals surface area contributed by atoms with Crippen LogP contribution in [-0.2, 0) is 5.88 Å². The third kappa shape index (κ3) is 2.30. The summed E-state index contributed by atoms with van der Waals surface area (Å²) >= 11 is 9.38. The van der Waals surface area contributed by atoms with Gasteiger partial charge in [0.25, 0.3) is 0 Å². The molecular formula is C15H11BrClFN2O. The third-order valence-corrected chi connectivity index (χ3v) is 4.10. The number of methoxy groups -OCH3 is 1. The maximum absolute atomic E-state index is 14.3. The first kappa shape index (κ1) is 14.4. The van der Waals surface area contributed by atoms with E-state index >= 15 is 0 Å². The van der Waals surface area contributed by atoms with E-state index in [2.05, 4.69) is 20.9 Å². The van der Waals surface area contributed by atoms with E-state index in [0.717, 1.165) is 5.52 Å². The van der Waals surface area contributed by atoms with Gasteiger partial charge in [0.15, 0.2) is 0 Å². The number of aromatic nitrogens is 2. The van der Waals surface area contributed by atoms with Crippen molar-refractivity contribution in [1.82, 2.24) is 9.55 Å². The van der Waals surface area contributed by atoms with Crippen LogP contribution < -0.4 is 4.74 Å². The first-order valence-corrected chi connectivity index (χ1v) is 7.54. The van der Waals surface area contributed by atoms with Crippen LogP contribution in [0.25, 0.3) is 16.7 Å². The number of hydrogen-bond acceptors (Lipinski definition) is 2. The fourth-order valence-corrected chi connectivity index (χ4v) is 3.03. The Morgan fingerprint density at radius 1 is 1.29 bits per heavy atom. The molecule has 0 aliphatic carbocycles. The van der Waals surface area contributed by atoms with E-state index < -0.39 is 0 Å². The largest absolute Gasteiger partial charge is 0.494 e. The van der Waals surface area contributed by atoms with Crippen LogP contribution in [0.4, 0.5) is 4.39 Å². The van der Waals surface area contributed by atoms with Crippen molar-refractivity contribution in [3.05, 3.63) is 52.5 Å². The number of rotatable bonds is 3. The van der Waals surface area contributed by atoms with Crippen molar-refractivity contribution in [2.75, 3.05) is 7.11 Å². The molecule has 0 bridgehead atoms. The van der Waals surface area contributed by atoms with Crippen LogP contribution >= 0.6 is 27.5 Å². The van der Waals surface area contributed by atoms with Crippen LogP contribution in [0.2, 0.25) is 0 Å². The summed E-state index contributed by atoms with van der Waals surface area (Å²) < 4.78 is 21.9. The molecule has 3 nitrogen and oxygen atoms in total. The zero-order valence-electron chi connectivity index (χ0n) is 11.1. The lowest BCUT2D eigenvalue weighted by atomic mass is 10.2. The van der Waals surface area contributed by atoms with Gasteiger partial charge in [0.2, 0.25) is 0 Å². The predicted octanol–water partition coefficient (Wildman–Crippen LogP) is 4.67. The average Bonchev–Trinajstić information content (AvgIpc) is 2.86. The van der Waals surface area contributed by atoms with Gasteiger partial charge in [-0.3, -0.25) is 4.57 Å². The van der Waals surface area contributed by atoms with Gasteiger partial charge in [-0.05, 0) is 40.2 Å². The van der Waals surface area contributed by atoms with E-state index in [0.29, 0.717) is 27.3 Å². The molecule has 0 N–H and O–H groups in total. The Bertz CT molecular complexity index is 799. The monoisotopic (exact) mass is 368 g/mol. The average molecular weight is 370 g/mol. The van der Waals surface area contributed by atoms with Gasteiger partial charge in [0.05, 0.1) is 24.2 Å². The van der Waals surface area contributed by atoms with Gasteiger partial charge in [0, 0.05) is 4.47 Å². The standard InChI is InChI=1S/C15H11BrClFN2O/c1-21-12-7-3-6-11-14(12)19-13(8-17)20(11)15-9(16)4-2-5-10(15)18/h2-7H,8H2,1H3. The van der Waals surface area contributed by atoms with Crippen LogP contribution in [0.1, 0.15) is 5.82 Å². The van der Waals surface area contributed by atoms with Gasteiger partial charge >= 0.3 is 0 Å². The number of alkyl halides is 1. The molecule has 0 atom stereocenters. The third-order valence-electron chi connectivity index (χ3n) is 3.22. The van der Waals surface area contributed by atoms with Crippen molar-refractivity contribution in [3.63, 3.8) is 0 Å². The SMILES string of the molecule is COc1cccc2c1nc(CCl)n2-c1c(F)cccc1Br. The molecule has 0 saturated carbocycles. The summed E-state index contributed by atoms with van der Waals surface area (Å²) in [5.74, 6) is 1.00. The summed E-state index contributed by atoms with van der Waals surface area (Å²) in [7, 11) is 1.58. The lowest BCUT2D eigenvalue weighted by molar-refractivity contribution is 0.419. The smallest absolute Gasteiger partial charge is 0.148 e. The number of ether oxygens (including phenoxy) is 1. The van der Waals surface area contributed by atoms with E-state index in [9.17, 15) is 4.39 Å². The molecule has 1 aromatic heterocycles. The second-order valence-electron chi connectivity index (χ2n) is 4.40. The predicted molar refractivity (Wildman–Crippen MR) is 84.8 cm³/mol. The molecular weight excluding hydrogens is 359 g/mol. The van der Waals surface area contributed by atoms with Crippen LogP contribution in [0.5, 0.6) is 5.75 Å². The van der Waals surface area contributed by atoms with Gasteiger partial charge in [-0.1, -0.05) is 12.1 Å². The van der Waals surface area contributed by atoms with Crippen molar-refractivity contribution in [1.29, 1.82) is 0 Å². The number of hydrogen-bond donors (Lipinski definition) is 0. The van der Waals surface area contributed by atoms with Gasteiger partial charge in [-0.2, -0.15) is 0 Å². The van der Waals surface area contributed by atoms with Gasteiger partial charge in [0.1, 0.15) is 22.9 Å². The molecule has 3 rings (SSSR count). The second-order valence-corrected chi connectivity index (χ2v) is 5.52. The van der Waals surface area contributed by atoms with Crippen LogP contribution in [0.15, 0.2) is 40.9 Å². The van der Waals surface area contributed by atoms with E-state index in [1.807, 2.05) is 18.2 Å². The van der Waals surface area contributed by atoms with Crippen molar-refractivity contribution in [2.45, 2.75) is 5.88 Å². The molecule has 21 heavy (non-hydrogen) atoms. The number of fused-ring (bicyclic) bond motifs is 1. The molecule has 0 aliphatic rings. The minimum Gasteiger partial charge on any atom is -0.494 e. The maximum atomic E-state index is 14.3. The number of imidazole rings is 1. The molecule has 2 aromatic carbocycles. The summed E-state index contributed by atoms with van der Waals surface area (Å²) in [6.45, 7) is 0. The van der Waals surface area contributed by atoms with Crippen LogP contribution in [-0.4, -0.2) is 16.7 Å². The lowest BCUT2D eigenvalue weighted by Crippen LogP contribution is -2.03. The minimum absolute atomic E-state index is 0.165. The first-order chi connectivity index (χ1) is 10.2. The Hall–Kier alpha value is -1.59. The van der Waals surface area contributed by atoms with Gasteiger partial charge < -0.3 is 4.74 Å². The zero-order chi connectivity index (χ0) is 15.0. The molecule has 0 amide bonds. The molecule has 6 heteroatoms. The van der Waals surface area contributed by atoms with E-state index in [1.54, 1.807) is 23.8 Å². The zero-order valence-corrected chi connectivity index (χ0v) is 13.4. The normalized spacial score (nSPS) is 11.0. The molecule has 0 aliphatic heterocycles. The highest BCUT2D eigenvalue weighted by Gasteiger charge is 2.19. The highest BCUT2D eigenvalue weighted by Crippen LogP contribution is 2.33. The molecule has 0 unspecified atom stereocenters. The summed E-state index contributed by atoms with van der Waals surface area (Å²) in [6, 6.07) is 10.3. The van der Waals surface area contributed by atoms with E-state index in [1.165, 1.54) is 6.07 Å². The van der Waals surface area contributed by atoms with E-state index in [-0.39, 0.29) is 11.7 Å². The quantitative estimate of drug-likeness (QED) is 0.627. The molecule has 3 aromatic rings. The molecule has 1 heterocycles. The fourth-order valence-electron chi connectivity index (χ4n) is 2.33. The molecule has 0 fully saturated rings. The summed E-state index contributed by atoms with van der Waals surface area (Å²) in [5, 5.41) is 0. The summed E-state index contributed by atoms with van der Waals surface area (Å²) in [5.41, 5.74) is 1.80. The van der Waals surface area contributed by atoms with Crippen molar-refractivity contribution in [2.24, 2.45) is 0 Å².